The molecule has 0 radical (unpaired) electrons. The molecule has 186 valence electrons. The number of anilines is 1. The van der Waals surface area contributed by atoms with Gasteiger partial charge in [-0.3, -0.25) is 4.79 Å². The highest BCUT2D eigenvalue weighted by atomic mass is 19.3. The zero-order valence-electron chi connectivity index (χ0n) is 19.1. The minimum Gasteiger partial charge on any atom is -0.496 e. The highest BCUT2D eigenvalue weighted by molar-refractivity contribution is 5.96. The van der Waals surface area contributed by atoms with Gasteiger partial charge in [0.25, 0.3) is 11.8 Å². The van der Waals surface area contributed by atoms with Crippen molar-refractivity contribution in [2.24, 2.45) is 5.73 Å². The van der Waals surface area contributed by atoms with Crippen LogP contribution in [-0.4, -0.2) is 41.9 Å². The van der Waals surface area contributed by atoms with Gasteiger partial charge in [0.1, 0.15) is 30.0 Å². The first-order valence-corrected chi connectivity index (χ1v) is 11.0. The second-order valence-corrected chi connectivity index (χ2v) is 8.20. The van der Waals surface area contributed by atoms with Gasteiger partial charge in [-0.2, -0.15) is 5.10 Å². The van der Waals surface area contributed by atoms with Crippen molar-refractivity contribution in [3.63, 3.8) is 0 Å². The number of methoxy groups -OCH3 is 1. The predicted molar refractivity (Wildman–Crippen MR) is 124 cm³/mol. The molecule has 0 spiro atoms. The fourth-order valence-electron chi connectivity index (χ4n) is 4.08. The Balaban J connectivity index is 1.52. The van der Waals surface area contributed by atoms with Gasteiger partial charge in [-0.25, -0.2) is 17.9 Å². The Morgan fingerprint density at radius 3 is 2.69 bits per heavy atom. The number of nitrogens with one attached hydrogen (secondary N) is 1. The Hall–Kier alpha value is -3.57. The Bertz CT molecular complexity index is 1210. The molecule has 2 aromatic carbocycles. The molecule has 2 heterocycles. The van der Waals surface area contributed by atoms with E-state index in [1.807, 2.05) is 0 Å². The normalized spacial score (nSPS) is 17.2. The number of hydrogen-bond acceptors (Lipinski definition) is 6. The highest BCUT2D eigenvalue weighted by Crippen LogP contribution is 2.39. The van der Waals surface area contributed by atoms with Crippen molar-refractivity contribution in [1.29, 1.82) is 0 Å². The zero-order chi connectivity index (χ0) is 25.2. The van der Waals surface area contributed by atoms with Crippen LogP contribution in [0, 0.1) is 5.82 Å². The summed E-state index contributed by atoms with van der Waals surface area (Å²) in [6.07, 6.45) is 0.0804. The van der Waals surface area contributed by atoms with E-state index in [4.69, 9.17) is 20.9 Å². The molecule has 0 saturated carbocycles. The summed E-state index contributed by atoms with van der Waals surface area (Å²) < 4.78 is 53.6. The summed E-state index contributed by atoms with van der Waals surface area (Å²) in [5.74, 6) is -3.77. The van der Waals surface area contributed by atoms with Crippen molar-refractivity contribution >= 4 is 11.7 Å². The number of carbonyl (C=O) groups is 1. The molecular weight excluding hydrogens is 463 g/mol. The van der Waals surface area contributed by atoms with E-state index < -0.39 is 30.3 Å². The second-order valence-electron chi connectivity index (χ2n) is 8.20. The van der Waals surface area contributed by atoms with Crippen LogP contribution in [0.3, 0.4) is 0 Å². The van der Waals surface area contributed by atoms with Gasteiger partial charge in [-0.1, -0.05) is 24.3 Å². The molecule has 5 N–H and O–H groups in total. The van der Waals surface area contributed by atoms with Crippen LogP contribution in [0.5, 0.6) is 5.75 Å². The molecule has 0 bridgehead atoms. The molecule has 1 aromatic heterocycles. The van der Waals surface area contributed by atoms with Crippen molar-refractivity contribution in [1.82, 2.24) is 15.1 Å². The van der Waals surface area contributed by atoms with E-state index in [-0.39, 0.29) is 43.2 Å². The van der Waals surface area contributed by atoms with E-state index in [9.17, 15) is 18.0 Å². The van der Waals surface area contributed by atoms with Crippen LogP contribution in [-0.2, 0) is 17.8 Å². The topological polar surface area (TPSA) is 117 Å². The molecule has 8 nitrogen and oxygen atoms in total. The fourth-order valence-corrected chi connectivity index (χ4v) is 4.08. The Labute approximate surface area is 200 Å². The molecule has 1 saturated heterocycles. The molecule has 1 amide bonds. The van der Waals surface area contributed by atoms with Gasteiger partial charge in [-0.15, -0.1) is 0 Å². The second kappa shape index (κ2) is 9.96. The number of aromatic nitrogens is 2. The maximum atomic E-state index is 14.4. The van der Waals surface area contributed by atoms with Crippen molar-refractivity contribution in [2.75, 3.05) is 26.1 Å². The molecule has 0 aliphatic carbocycles. The number of halogens is 3. The molecule has 1 aliphatic heterocycles. The fraction of sp³-hybridized carbons (Fsp3) is 0.333. The lowest BCUT2D eigenvalue weighted by Gasteiger charge is -2.31. The Kier molecular flexibility index (Phi) is 6.99. The SMILES string of the molecule is COc1ccc(F)cc1C(=O)NCc1ccc(-c2nn(C3CCOCC3(F)F)c(N)c2CN)cc1. The first-order chi connectivity index (χ1) is 16.7. The number of nitrogen functional groups attached to an aromatic ring is 1. The van der Waals surface area contributed by atoms with E-state index in [2.05, 4.69) is 10.4 Å². The van der Waals surface area contributed by atoms with Crippen LogP contribution >= 0.6 is 0 Å². The molecule has 1 unspecified atom stereocenters. The van der Waals surface area contributed by atoms with Crippen molar-refractivity contribution in [3.8, 4) is 17.0 Å². The summed E-state index contributed by atoms with van der Waals surface area (Å²) >= 11 is 0. The largest absolute Gasteiger partial charge is 0.496 e. The number of ether oxygens (including phenoxy) is 2. The van der Waals surface area contributed by atoms with Crippen LogP contribution in [0.1, 0.15) is 33.9 Å². The maximum absolute atomic E-state index is 14.4. The van der Waals surface area contributed by atoms with Gasteiger partial charge in [0.05, 0.1) is 18.4 Å². The number of carbonyl (C=O) groups excluding carboxylic acids is 1. The lowest BCUT2D eigenvalue weighted by Crippen LogP contribution is -2.41. The number of nitrogens with zero attached hydrogens (tertiary/aromatic N) is 2. The van der Waals surface area contributed by atoms with E-state index >= 15 is 0 Å². The number of alkyl halides is 2. The molecule has 35 heavy (non-hydrogen) atoms. The van der Waals surface area contributed by atoms with Gasteiger partial charge in [0, 0.05) is 30.8 Å². The van der Waals surface area contributed by atoms with E-state index in [0.29, 0.717) is 16.8 Å². The average molecular weight is 489 g/mol. The lowest BCUT2D eigenvalue weighted by molar-refractivity contribution is -0.149. The summed E-state index contributed by atoms with van der Waals surface area (Å²) in [5, 5.41) is 7.12. The summed E-state index contributed by atoms with van der Waals surface area (Å²) in [4.78, 5) is 12.5. The number of benzene rings is 2. The van der Waals surface area contributed by atoms with E-state index in [0.717, 1.165) is 16.3 Å². The van der Waals surface area contributed by atoms with Crippen LogP contribution in [0.15, 0.2) is 42.5 Å². The zero-order valence-corrected chi connectivity index (χ0v) is 19.1. The lowest BCUT2D eigenvalue weighted by atomic mass is 10.0. The third-order valence-electron chi connectivity index (χ3n) is 5.95. The molecule has 4 rings (SSSR count). The summed E-state index contributed by atoms with van der Waals surface area (Å²) in [7, 11) is 1.40. The third-order valence-corrected chi connectivity index (χ3v) is 5.95. The smallest absolute Gasteiger partial charge is 0.293 e. The number of nitrogens with two attached hydrogens (primary N) is 2. The van der Waals surface area contributed by atoms with E-state index in [1.54, 1.807) is 24.3 Å². The standard InChI is InChI=1S/C24H26F3N5O3/c1-34-19-7-6-16(25)10-17(19)23(33)30-12-14-2-4-15(5-3-14)21-18(11-28)22(29)32(31-21)20-8-9-35-13-24(20,26)27/h2-7,10,20H,8-9,11-13,28-29H2,1H3,(H,30,33). The van der Waals surface area contributed by atoms with E-state index in [1.165, 1.54) is 19.2 Å². The number of rotatable bonds is 7. The van der Waals surface area contributed by atoms with Crippen molar-refractivity contribution < 1.29 is 27.4 Å². The van der Waals surface area contributed by atoms with Gasteiger partial charge < -0.3 is 26.3 Å². The monoisotopic (exact) mass is 489 g/mol. The minimum atomic E-state index is -3.10. The Morgan fingerprint density at radius 2 is 2.03 bits per heavy atom. The molecule has 1 atom stereocenters. The molecule has 1 aliphatic rings. The quantitative estimate of drug-likeness (QED) is 0.469. The summed E-state index contributed by atoms with van der Waals surface area (Å²) in [6.45, 7) is -0.294. The first-order valence-electron chi connectivity index (χ1n) is 11.0. The summed E-state index contributed by atoms with van der Waals surface area (Å²) in [6, 6.07) is 9.50. The van der Waals surface area contributed by atoms with Crippen LogP contribution in [0.4, 0.5) is 19.0 Å². The maximum Gasteiger partial charge on any atom is 0.293 e. The highest BCUT2D eigenvalue weighted by Gasteiger charge is 2.45. The van der Waals surface area contributed by atoms with Crippen molar-refractivity contribution in [2.45, 2.75) is 31.5 Å². The first kappa shape index (κ1) is 24.6. The Morgan fingerprint density at radius 1 is 1.29 bits per heavy atom. The van der Waals surface area contributed by atoms with Crippen LogP contribution in [0.2, 0.25) is 0 Å². The predicted octanol–water partition coefficient (Wildman–Crippen LogP) is 3.27. The third kappa shape index (κ3) is 4.96. The van der Waals surface area contributed by atoms with Gasteiger partial charge in [0.2, 0.25) is 0 Å². The molecule has 3 aromatic rings. The number of hydrogen-bond donors (Lipinski definition) is 3. The molecule has 11 heteroatoms. The van der Waals surface area contributed by atoms with Crippen LogP contribution < -0.4 is 21.5 Å². The molecule has 1 fully saturated rings. The van der Waals surface area contributed by atoms with Gasteiger partial charge in [-0.05, 0) is 30.2 Å². The van der Waals surface area contributed by atoms with Gasteiger partial charge >= 0.3 is 0 Å². The average Bonchev–Trinajstić information content (AvgIpc) is 3.18. The molecular formula is C24H26F3N5O3. The minimum absolute atomic E-state index is 0.0310. The van der Waals surface area contributed by atoms with Gasteiger partial charge in [0.15, 0.2) is 0 Å². The van der Waals surface area contributed by atoms with Crippen molar-refractivity contribution in [3.05, 3.63) is 65.0 Å². The number of amides is 1. The van der Waals surface area contributed by atoms with Crippen LogP contribution in [0.25, 0.3) is 11.3 Å². The summed E-state index contributed by atoms with van der Waals surface area (Å²) in [5.41, 5.74) is 14.4.